The number of carboxylic acids is 1. The molecule has 0 aromatic heterocycles. The van der Waals surface area contributed by atoms with Crippen LogP contribution in [0.5, 0.6) is 0 Å². The Labute approximate surface area is 131 Å². The van der Waals surface area contributed by atoms with Crippen LogP contribution in [0.15, 0.2) is 42.5 Å². The number of rotatable bonds is 4. The molecule has 0 amide bonds. The molecule has 0 aliphatic heterocycles. The number of benzene rings is 2. The van der Waals surface area contributed by atoms with E-state index in [0.717, 1.165) is 0 Å². The van der Waals surface area contributed by atoms with Crippen molar-refractivity contribution in [3.8, 4) is 6.07 Å². The van der Waals surface area contributed by atoms with Crippen LogP contribution >= 0.6 is 23.2 Å². The summed E-state index contributed by atoms with van der Waals surface area (Å²) in [4.78, 5) is 11.3. The van der Waals surface area contributed by atoms with Crippen molar-refractivity contribution in [2.45, 2.75) is 6.04 Å². The van der Waals surface area contributed by atoms with Crippen molar-refractivity contribution >= 4 is 34.9 Å². The van der Waals surface area contributed by atoms with Gasteiger partial charge in [0.1, 0.15) is 0 Å². The van der Waals surface area contributed by atoms with E-state index < -0.39 is 12.0 Å². The molecule has 0 fully saturated rings. The van der Waals surface area contributed by atoms with Gasteiger partial charge in [0.15, 0.2) is 0 Å². The third-order valence-corrected chi connectivity index (χ3v) is 3.22. The summed E-state index contributed by atoms with van der Waals surface area (Å²) in [7, 11) is 0. The molecule has 0 aliphatic carbocycles. The smallest absolute Gasteiger partial charge is 0.0991 e. The fraction of sp³-hybridized carbons (Fsp3) is 0.0667. The second-order valence-electron chi connectivity index (χ2n) is 4.29. The molecule has 4 nitrogen and oxygen atoms in total. The second kappa shape index (κ2) is 6.49. The lowest BCUT2D eigenvalue weighted by atomic mass is 10.1. The van der Waals surface area contributed by atoms with Crippen LogP contribution in [0.4, 0.5) is 5.69 Å². The molecule has 1 atom stereocenters. The first-order valence-electron chi connectivity index (χ1n) is 5.93. The Bertz CT molecular complexity index is 688. The van der Waals surface area contributed by atoms with Gasteiger partial charge in [-0.15, -0.1) is 0 Å². The van der Waals surface area contributed by atoms with E-state index in [1.165, 1.54) is 18.2 Å². The molecule has 0 aliphatic rings. The standard InChI is InChI=1S/C15H10Cl2N2O2/c16-11-5-10(6-12(17)7-11)14(15(20)21)19-13-3-1-9(8-18)2-4-13/h1-7,14,19H,(H,20,21)/p-1. The number of halogens is 2. The van der Waals surface area contributed by atoms with Crippen molar-refractivity contribution in [3.63, 3.8) is 0 Å². The number of carbonyl (C=O) groups excluding carboxylic acids is 1. The van der Waals surface area contributed by atoms with Crippen LogP contribution in [-0.2, 0) is 4.79 Å². The number of hydrogen-bond donors (Lipinski definition) is 1. The Hall–Kier alpha value is -2.22. The Morgan fingerprint density at radius 2 is 1.71 bits per heavy atom. The maximum atomic E-state index is 11.3. The van der Waals surface area contributed by atoms with E-state index in [0.29, 0.717) is 26.9 Å². The van der Waals surface area contributed by atoms with E-state index in [2.05, 4.69) is 5.32 Å². The fourth-order valence-electron chi connectivity index (χ4n) is 1.83. The van der Waals surface area contributed by atoms with Crippen LogP contribution in [0.1, 0.15) is 17.2 Å². The van der Waals surface area contributed by atoms with Crippen molar-refractivity contribution in [2.24, 2.45) is 0 Å². The predicted octanol–water partition coefficient (Wildman–Crippen LogP) is 2.77. The molecule has 2 rings (SSSR count). The molecule has 0 radical (unpaired) electrons. The van der Waals surface area contributed by atoms with Crippen LogP contribution in [0.2, 0.25) is 10.0 Å². The highest BCUT2D eigenvalue weighted by molar-refractivity contribution is 6.34. The molecule has 2 aromatic carbocycles. The number of anilines is 1. The average Bonchev–Trinajstić information content (AvgIpc) is 2.44. The lowest BCUT2D eigenvalue weighted by Crippen LogP contribution is -2.34. The first kappa shape index (κ1) is 15.2. The van der Waals surface area contributed by atoms with Crippen molar-refractivity contribution in [2.75, 3.05) is 5.32 Å². The van der Waals surface area contributed by atoms with Gasteiger partial charge in [-0.3, -0.25) is 0 Å². The minimum atomic E-state index is -1.31. The lowest BCUT2D eigenvalue weighted by molar-refractivity contribution is -0.307. The third kappa shape index (κ3) is 3.88. The molecule has 6 heteroatoms. The van der Waals surface area contributed by atoms with Crippen LogP contribution in [0, 0.1) is 11.3 Å². The molecular weight excluding hydrogens is 311 g/mol. The largest absolute Gasteiger partial charge is 0.548 e. The van der Waals surface area contributed by atoms with Crippen LogP contribution in [-0.4, -0.2) is 5.97 Å². The minimum absolute atomic E-state index is 0.338. The van der Waals surface area contributed by atoms with E-state index in [-0.39, 0.29) is 0 Å². The number of aliphatic carboxylic acids is 1. The highest BCUT2D eigenvalue weighted by atomic mass is 35.5. The highest BCUT2D eigenvalue weighted by Gasteiger charge is 2.14. The van der Waals surface area contributed by atoms with Crippen molar-refractivity contribution in [1.82, 2.24) is 0 Å². The molecule has 0 spiro atoms. The molecule has 106 valence electrons. The zero-order valence-corrected chi connectivity index (χ0v) is 12.2. The van der Waals surface area contributed by atoms with Gasteiger partial charge in [-0.05, 0) is 48.0 Å². The predicted molar refractivity (Wildman–Crippen MR) is 79.0 cm³/mol. The summed E-state index contributed by atoms with van der Waals surface area (Å²) >= 11 is 11.8. The molecule has 0 saturated carbocycles. The summed E-state index contributed by atoms with van der Waals surface area (Å²) in [6.07, 6.45) is 0. The first-order chi connectivity index (χ1) is 9.99. The highest BCUT2D eigenvalue weighted by Crippen LogP contribution is 2.26. The second-order valence-corrected chi connectivity index (χ2v) is 5.16. The topological polar surface area (TPSA) is 76.0 Å². The van der Waals surface area contributed by atoms with E-state index in [9.17, 15) is 9.90 Å². The molecule has 21 heavy (non-hydrogen) atoms. The first-order valence-corrected chi connectivity index (χ1v) is 6.69. The van der Waals surface area contributed by atoms with Crippen molar-refractivity contribution < 1.29 is 9.90 Å². The molecule has 1 N–H and O–H groups in total. The molecule has 2 aromatic rings. The zero-order chi connectivity index (χ0) is 15.4. The summed E-state index contributed by atoms with van der Waals surface area (Å²) < 4.78 is 0. The number of carbonyl (C=O) groups is 1. The van der Waals surface area contributed by atoms with Crippen molar-refractivity contribution in [3.05, 3.63) is 63.6 Å². The average molecular weight is 320 g/mol. The van der Waals surface area contributed by atoms with Gasteiger partial charge in [0.05, 0.1) is 23.6 Å². The van der Waals surface area contributed by atoms with Gasteiger partial charge < -0.3 is 15.2 Å². The summed E-state index contributed by atoms with van der Waals surface area (Å²) in [5.74, 6) is -1.31. The van der Waals surface area contributed by atoms with E-state index in [1.54, 1.807) is 24.3 Å². The maximum Gasteiger partial charge on any atom is 0.0991 e. The van der Waals surface area contributed by atoms with E-state index in [4.69, 9.17) is 28.5 Å². The van der Waals surface area contributed by atoms with Gasteiger partial charge >= 0.3 is 0 Å². The molecule has 1 unspecified atom stereocenters. The molecule has 0 heterocycles. The van der Waals surface area contributed by atoms with E-state index in [1.807, 2.05) is 6.07 Å². The fourth-order valence-corrected chi connectivity index (χ4v) is 2.37. The zero-order valence-electron chi connectivity index (χ0n) is 10.6. The van der Waals surface area contributed by atoms with Crippen LogP contribution in [0.3, 0.4) is 0 Å². The number of nitrogens with one attached hydrogen (secondary N) is 1. The summed E-state index contributed by atoms with van der Waals surface area (Å²) in [5.41, 5.74) is 1.41. The van der Waals surface area contributed by atoms with Gasteiger partial charge in [0.2, 0.25) is 0 Å². The summed E-state index contributed by atoms with van der Waals surface area (Å²) in [6, 6.07) is 11.8. The Morgan fingerprint density at radius 3 is 2.19 bits per heavy atom. The third-order valence-electron chi connectivity index (χ3n) is 2.78. The number of hydrogen-bond acceptors (Lipinski definition) is 4. The Kier molecular flexibility index (Phi) is 4.69. The molecule has 0 bridgehead atoms. The van der Waals surface area contributed by atoms with E-state index >= 15 is 0 Å². The number of nitrogens with zero attached hydrogens (tertiary/aromatic N) is 1. The Morgan fingerprint density at radius 1 is 1.14 bits per heavy atom. The van der Waals surface area contributed by atoms with Crippen LogP contribution in [0.25, 0.3) is 0 Å². The van der Waals surface area contributed by atoms with Gasteiger partial charge in [-0.25, -0.2) is 0 Å². The maximum absolute atomic E-state index is 11.3. The quantitative estimate of drug-likeness (QED) is 0.940. The van der Waals surface area contributed by atoms with Crippen LogP contribution < -0.4 is 10.4 Å². The molecular formula is C15H9Cl2N2O2-. The van der Waals surface area contributed by atoms with Gasteiger partial charge in [0.25, 0.3) is 0 Å². The monoisotopic (exact) mass is 319 g/mol. The summed E-state index contributed by atoms with van der Waals surface area (Å²) in [5, 5.41) is 23.6. The van der Waals surface area contributed by atoms with Gasteiger partial charge in [0, 0.05) is 15.7 Å². The van der Waals surface area contributed by atoms with Crippen molar-refractivity contribution in [1.29, 1.82) is 5.26 Å². The van der Waals surface area contributed by atoms with Gasteiger partial charge in [-0.2, -0.15) is 5.26 Å². The number of nitriles is 1. The minimum Gasteiger partial charge on any atom is -0.548 e. The lowest BCUT2D eigenvalue weighted by Gasteiger charge is -2.22. The molecule has 0 saturated heterocycles. The Balaban J connectivity index is 2.30. The summed E-state index contributed by atoms with van der Waals surface area (Å²) in [6.45, 7) is 0. The normalized spacial score (nSPS) is 11.5. The van der Waals surface area contributed by atoms with Gasteiger partial charge in [-0.1, -0.05) is 23.2 Å². The number of carboxylic acid groups (broad SMARTS) is 1. The SMILES string of the molecule is N#Cc1ccc(NC(C(=O)[O-])c2cc(Cl)cc(Cl)c2)cc1.